The van der Waals surface area contributed by atoms with Crippen LogP contribution in [0.15, 0.2) is 41.4 Å². The third-order valence-corrected chi connectivity index (χ3v) is 3.41. The summed E-state index contributed by atoms with van der Waals surface area (Å²) in [6.45, 7) is 3.90. The van der Waals surface area contributed by atoms with Crippen LogP contribution >= 0.6 is 0 Å². The topological polar surface area (TPSA) is 26.5 Å². The van der Waals surface area contributed by atoms with E-state index in [1.807, 2.05) is 12.1 Å². The highest BCUT2D eigenvalue weighted by Crippen LogP contribution is 2.26. The first-order chi connectivity index (χ1) is 8.79. The molecule has 0 aliphatic carbocycles. The Balaban J connectivity index is 2.04. The average molecular weight is 240 g/mol. The molecule has 1 aromatic carbocycles. The lowest BCUT2D eigenvalue weighted by atomic mass is 10.1. The summed E-state index contributed by atoms with van der Waals surface area (Å²) in [6, 6.07) is 12.5. The number of ether oxygens (including phenoxy) is 1. The normalized spacial score (nSPS) is 14.0. The van der Waals surface area contributed by atoms with Gasteiger partial charge in [-0.15, -0.1) is 0 Å². The second kappa shape index (κ2) is 4.33. The van der Waals surface area contributed by atoms with Crippen molar-refractivity contribution in [2.24, 2.45) is 4.99 Å². The van der Waals surface area contributed by atoms with Crippen molar-refractivity contribution in [3.05, 3.63) is 42.1 Å². The molecule has 3 nitrogen and oxygen atoms in total. The lowest BCUT2D eigenvalue weighted by Gasteiger charge is -2.17. The molecule has 3 heteroatoms. The Morgan fingerprint density at radius 2 is 1.78 bits per heavy atom. The Morgan fingerprint density at radius 1 is 1.06 bits per heavy atom. The van der Waals surface area contributed by atoms with Gasteiger partial charge in [0.05, 0.1) is 25.1 Å². The molecule has 1 aliphatic rings. The van der Waals surface area contributed by atoms with Crippen LogP contribution in [-0.2, 0) is 6.54 Å². The molecular formula is C15H16N2O. The molecule has 0 saturated heterocycles. The van der Waals surface area contributed by atoms with Gasteiger partial charge in [-0.1, -0.05) is 0 Å². The van der Waals surface area contributed by atoms with Gasteiger partial charge in [0.15, 0.2) is 0 Å². The van der Waals surface area contributed by atoms with E-state index in [1.54, 1.807) is 7.11 Å². The lowest BCUT2D eigenvalue weighted by molar-refractivity contribution is 0.415. The maximum absolute atomic E-state index is 5.19. The van der Waals surface area contributed by atoms with Gasteiger partial charge in [0.2, 0.25) is 0 Å². The summed E-state index contributed by atoms with van der Waals surface area (Å²) in [5.74, 6) is 0.891. The number of hydrogen-bond donors (Lipinski definition) is 0. The number of fused-ring (bicyclic) bond motifs is 1. The molecule has 0 saturated carbocycles. The van der Waals surface area contributed by atoms with Gasteiger partial charge in [0.25, 0.3) is 0 Å². The van der Waals surface area contributed by atoms with Crippen molar-refractivity contribution in [3.63, 3.8) is 0 Å². The quantitative estimate of drug-likeness (QED) is 0.792. The van der Waals surface area contributed by atoms with E-state index in [4.69, 9.17) is 4.74 Å². The molecule has 0 unspecified atom stereocenters. The second-order valence-electron chi connectivity index (χ2n) is 4.45. The first-order valence-electron chi connectivity index (χ1n) is 6.15. The average Bonchev–Trinajstić information content (AvgIpc) is 2.84. The number of hydrogen-bond acceptors (Lipinski definition) is 2. The van der Waals surface area contributed by atoms with Gasteiger partial charge in [-0.05, 0) is 48.9 Å². The van der Waals surface area contributed by atoms with Crippen LogP contribution < -0.4 is 4.74 Å². The summed E-state index contributed by atoms with van der Waals surface area (Å²) >= 11 is 0. The predicted octanol–water partition coefficient (Wildman–Crippen LogP) is 2.99. The van der Waals surface area contributed by atoms with Crippen LogP contribution in [-0.4, -0.2) is 23.9 Å². The van der Waals surface area contributed by atoms with Crippen LogP contribution in [0, 0.1) is 0 Å². The standard InChI is InChI=1S/C15H16N2O/c1-11-14-7-8-15(17(14)10-9-16-11)12-3-5-13(18-2)6-4-12/h3-8H,9-10H2,1-2H3. The van der Waals surface area contributed by atoms with Crippen molar-refractivity contribution < 1.29 is 4.74 Å². The maximum Gasteiger partial charge on any atom is 0.118 e. The highest BCUT2D eigenvalue weighted by Gasteiger charge is 2.14. The monoisotopic (exact) mass is 240 g/mol. The van der Waals surface area contributed by atoms with Gasteiger partial charge < -0.3 is 9.30 Å². The molecular weight excluding hydrogens is 224 g/mol. The van der Waals surface area contributed by atoms with E-state index in [2.05, 4.69) is 40.7 Å². The number of aromatic nitrogens is 1. The van der Waals surface area contributed by atoms with Crippen molar-refractivity contribution in [1.82, 2.24) is 4.57 Å². The Kier molecular flexibility index (Phi) is 2.67. The SMILES string of the molecule is COc1ccc(-c2ccc3n2CCN=C3C)cc1. The molecule has 3 rings (SSSR count). The first-order valence-corrected chi connectivity index (χ1v) is 6.15. The van der Waals surface area contributed by atoms with Crippen LogP contribution in [0.4, 0.5) is 0 Å². The third kappa shape index (κ3) is 1.72. The Labute approximate surface area is 107 Å². The van der Waals surface area contributed by atoms with E-state index in [1.165, 1.54) is 17.0 Å². The summed E-state index contributed by atoms with van der Waals surface area (Å²) < 4.78 is 7.53. The van der Waals surface area contributed by atoms with E-state index in [0.29, 0.717) is 0 Å². The van der Waals surface area contributed by atoms with E-state index in [0.717, 1.165) is 24.6 Å². The van der Waals surface area contributed by atoms with E-state index in [-0.39, 0.29) is 0 Å². The molecule has 92 valence electrons. The van der Waals surface area contributed by atoms with Crippen molar-refractivity contribution in [3.8, 4) is 17.0 Å². The van der Waals surface area contributed by atoms with Gasteiger partial charge in [0.1, 0.15) is 5.75 Å². The highest BCUT2D eigenvalue weighted by atomic mass is 16.5. The Morgan fingerprint density at radius 3 is 2.50 bits per heavy atom. The Hall–Kier alpha value is -2.03. The molecule has 0 N–H and O–H groups in total. The molecule has 0 radical (unpaired) electrons. The van der Waals surface area contributed by atoms with E-state index >= 15 is 0 Å². The minimum absolute atomic E-state index is 0.872. The van der Waals surface area contributed by atoms with Crippen LogP contribution in [0.3, 0.4) is 0 Å². The lowest BCUT2D eigenvalue weighted by Crippen LogP contribution is -2.16. The highest BCUT2D eigenvalue weighted by molar-refractivity contribution is 5.98. The van der Waals surface area contributed by atoms with Crippen LogP contribution in [0.25, 0.3) is 11.3 Å². The Bertz CT molecular complexity index is 593. The number of benzene rings is 1. The van der Waals surface area contributed by atoms with Gasteiger partial charge in [-0.3, -0.25) is 4.99 Å². The molecule has 0 atom stereocenters. The largest absolute Gasteiger partial charge is 0.497 e. The minimum atomic E-state index is 0.872. The summed E-state index contributed by atoms with van der Waals surface area (Å²) in [6.07, 6.45) is 0. The maximum atomic E-state index is 5.19. The van der Waals surface area contributed by atoms with Gasteiger partial charge >= 0.3 is 0 Å². The summed E-state index contributed by atoms with van der Waals surface area (Å²) in [7, 11) is 1.69. The molecule has 0 fully saturated rings. The zero-order valence-corrected chi connectivity index (χ0v) is 10.7. The number of methoxy groups -OCH3 is 1. The molecule has 18 heavy (non-hydrogen) atoms. The molecule has 0 bridgehead atoms. The molecule has 0 amide bonds. The molecule has 2 aromatic rings. The fourth-order valence-electron chi connectivity index (χ4n) is 2.44. The smallest absolute Gasteiger partial charge is 0.118 e. The first kappa shape index (κ1) is 11.1. The summed E-state index contributed by atoms with van der Waals surface area (Å²) in [4.78, 5) is 4.48. The fraction of sp³-hybridized carbons (Fsp3) is 0.267. The number of rotatable bonds is 2. The number of nitrogens with zero attached hydrogens (tertiary/aromatic N) is 2. The van der Waals surface area contributed by atoms with Crippen LogP contribution in [0.1, 0.15) is 12.6 Å². The van der Waals surface area contributed by atoms with Crippen molar-refractivity contribution in [2.45, 2.75) is 13.5 Å². The fourth-order valence-corrected chi connectivity index (χ4v) is 2.44. The van der Waals surface area contributed by atoms with E-state index in [9.17, 15) is 0 Å². The predicted molar refractivity (Wildman–Crippen MR) is 73.5 cm³/mol. The molecule has 0 spiro atoms. The van der Waals surface area contributed by atoms with Crippen LogP contribution in [0.2, 0.25) is 0 Å². The zero-order chi connectivity index (χ0) is 12.5. The van der Waals surface area contributed by atoms with Gasteiger partial charge in [0, 0.05) is 12.2 Å². The summed E-state index contributed by atoms with van der Waals surface area (Å²) in [5, 5.41) is 0. The molecule has 1 aromatic heterocycles. The van der Waals surface area contributed by atoms with Gasteiger partial charge in [-0.25, -0.2) is 0 Å². The number of aliphatic imine (C=N–C) groups is 1. The minimum Gasteiger partial charge on any atom is -0.497 e. The third-order valence-electron chi connectivity index (χ3n) is 3.41. The molecule has 1 aliphatic heterocycles. The van der Waals surface area contributed by atoms with Crippen molar-refractivity contribution >= 4 is 5.71 Å². The summed E-state index contributed by atoms with van der Waals surface area (Å²) in [5.41, 5.74) is 4.83. The van der Waals surface area contributed by atoms with E-state index < -0.39 is 0 Å². The van der Waals surface area contributed by atoms with Gasteiger partial charge in [-0.2, -0.15) is 0 Å². The molecule has 2 heterocycles. The van der Waals surface area contributed by atoms with Crippen LogP contribution in [0.5, 0.6) is 5.75 Å². The zero-order valence-electron chi connectivity index (χ0n) is 10.7. The van der Waals surface area contributed by atoms with Crippen molar-refractivity contribution in [2.75, 3.05) is 13.7 Å². The second-order valence-corrected chi connectivity index (χ2v) is 4.45. The van der Waals surface area contributed by atoms with Crippen molar-refractivity contribution in [1.29, 1.82) is 0 Å².